The van der Waals surface area contributed by atoms with Crippen LogP contribution < -0.4 is 24.3 Å². The second kappa shape index (κ2) is 7.59. The van der Waals surface area contributed by atoms with Gasteiger partial charge in [-0.15, -0.1) is 0 Å². The number of hydrogen-bond donors (Lipinski definition) is 1. The van der Waals surface area contributed by atoms with E-state index in [0.717, 1.165) is 17.1 Å². The van der Waals surface area contributed by atoms with Crippen molar-refractivity contribution in [3.63, 3.8) is 0 Å². The fourth-order valence-electron chi connectivity index (χ4n) is 2.27. The van der Waals surface area contributed by atoms with Gasteiger partial charge in [0, 0.05) is 12.6 Å². The van der Waals surface area contributed by atoms with Gasteiger partial charge in [-0.25, -0.2) is 0 Å². The van der Waals surface area contributed by atoms with Gasteiger partial charge in [-0.1, -0.05) is 12.1 Å². The highest BCUT2D eigenvalue weighted by Crippen LogP contribution is 2.32. The van der Waals surface area contributed by atoms with E-state index in [2.05, 4.69) is 5.32 Å². The molecule has 0 spiro atoms. The molecule has 0 radical (unpaired) electrons. The molecule has 0 aliphatic carbocycles. The molecule has 3 rings (SSSR count). The fourth-order valence-corrected chi connectivity index (χ4v) is 2.27. The summed E-state index contributed by atoms with van der Waals surface area (Å²) in [5.74, 6) is 2.54. The molecule has 0 saturated heterocycles. The molecule has 0 atom stereocenters. The van der Waals surface area contributed by atoms with Crippen LogP contribution in [0, 0.1) is 0 Å². The largest absolute Gasteiger partial charge is 0.494 e. The molecule has 1 amide bonds. The van der Waals surface area contributed by atoms with Gasteiger partial charge in [0.2, 0.25) is 6.79 Å². The van der Waals surface area contributed by atoms with Crippen molar-refractivity contribution in [3.8, 4) is 23.0 Å². The Balaban J connectivity index is 1.46. The molecule has 1 heterocycles. The van der Waals surface area contributed by atoms with Crippen molar-refractivity contribution in [2.75, 3.05) is 20.0 Å². The molecule has 6 heteroatoms. The van der Waals surface area contributed by atoms with Crippen LogP contribution in [0.25, 0.3) is 0 Å². The number of hydrogen-bond acceptors (Lipinski definition) is 5. The lowest BCUT2D eigenvalue weighted by molar-refractivity contribution is -0.123. The Hall–Kier alpha value is -2.89. The highest BCUT2D eigenvalue weighted by molar-refractivity contribution is 5.77. The smallest absolute Gasteiger partial charge is 0.258 e. The maximum Gasteiger partial charge on any atom is 0.258 e. The van der Waals surface area contributed by atoms with E-state index in [1.54, 1.807) is 12.1 Å². The number of ether oxygens (including phenoxy) is 4. The van der Waals surface area contributed by atoms with E-state index < -0.39 is 0 Å². The van der Waals surface area contributed by atoms with Gasteiger partial charge in [0.1, 0.15) is 11.5 Å². The Morgan fingerprint density at radius 2 is 1.88 bits per heavy atom. The third-order valence-electron chi connectivity index (χ3n) is 3.41. The van der Waals surface area contributed by atoms with Gasteiger partial charge in [-0.3, -0.25) is 4.79 Å². The molecule has 2 aromatic carbocycles. The predicted octanol–water partition coefficient (Wildman–Crippen LogP) is 2.51. The Kier molecular flexibility index (Phi) is 5.05. The van der Waals surface area contributed by atoms with Crippen LogP contribution in [-0.2, 0) is 11.3 Å². The second-order valence-electron chi connectivity index (χ2n) is 5.16. The van der Waals surface area contributed by atoms with Crippen LogP contribution in [-0.4, -0.2) is 25.9 Å². The number of fused-ring (bicyclic) bond motifs is 1. The van der Waals surface area contributed by atoms with Crippen LogP contribution in [0.15, 0.2) is 42.5 Å². The molecule has 2 aromatic rings. The van der Waals surface area contributed by atoms with Crippen LogP contribution in [0.5, 0.6) is 23.0 Å². The zero-order valence-electron chi connectivity index (χ0n) is 13.4. The second-order valence-corrected chi connectivity index (χ2v) is 5.16. The number of carbonyl (C=O) groups excluding carboxylic acids is 1. The van der Waals surface area contributed by atoms with Crippen LogP contribution in [0.3, 0.4) is 0 Å². The van der Waals surface area contributed by atoms with Gasteiger partial charge in [0.25, 0.3) is 5.91 Å². The quantitative estimate of drug-likeness (QED) is 0.845. The molecule has 0 bridgehead atoms. The summed E-state index contributed by atoms with van der Waals surface area (Å²) in [6.45, 7) is 3.08. The van der Waals surface area contributed by atoms with Crippen molar-refractivity contribution in [1.29, 1.82) is 0 Å². The molecular weight excluding hydrogens is 310 g/mol. The lowest BCUT2D eigenvalue weighted by Gasteiger charge is -2.09. The van der Waals surface area contributed by atoms with Crippen LogP contribution in [0.1, 0.15) is 12.5 Å². The summed E-state index contributed by atoms with van der Waals surface area (Å²) in [5, 5.41) is 2.81. The minimum atomic E-state index is -0.200. The molecule has 0 unspecified atom stereocenters. The molecule has 24 heavy (non-hydrogen) atoms. The van der Waals surface area contributed by atoms with E-state index in [1.165, 1.54) is 0 Å². The lowest BCUT2D eigenvalue weighted by atomic mass is 10.2. The number of amides is 1. The minimum absolute atomic E-state index is 0.0554. The number of benzene rings is 2. The number of carbonyl (C=O) groups is 1. The van der Waals surface area contributed by atoms with E-state index in [1.807, 2.05) is 37.3 Å². The average Bonchev–Trinajstić information content (AvgIpc) is 3.06. The summed E-state index contributed by atoms with van der Waals surface area (Å²) in [4.78, 5) is 11.9. The zero-order chi connectivity index (χ0) is 16.8. The monoisotopic (exact) mass is 329 g/mol. The number of rotatable bonds is 7. The van der Waals surface area contributed by atoms with Gasteiger partial charge in [0.15, 0.2) is 18.1 Å². The van der Waals surface area contributed by atoms with Crippen LogP contribution in [0.2, 0.25) is 0 Å². The Morgan fingerprint density at radius 3 is 2.71 bits per heavy atom. The third kappa shape index (κ3) is 4.10. The summed E-state index contributed by atoms with van der Waals surface area (Å²) < 4.78 is 21.4. The third-order valence-corrected chi connectivity index (χ3v) is 3.41. The van der Waals surface area contributed by atoms with E-state index in [0.29, 0.717) is 24.7 Å². The average molecular weight is 329 g/mol. The maximum atomic E-state index is 11.9. The molecule has 126 valence electrons. The van der Waals surface area contributed by atoms with Gasteiger partial charge >= 0.3 is 0 Å². The molecule has 1 aliphatic rings. The molecule has 0 fully saturated rings. The van der Waals surface area contributed by atoms with Gasteiger partial charge < -0.3 is 24.3 Å². The van der Waals surface area contributed by atoms with E-state index >= 15 is 0 Å². The number of nitrogens with one attached hydrogen (secondary N) is 1. The molecule has 1 aliphatic heterocycles. The first-order chi connectivity index (χ1) is 11.7. The highest BCUT2D eigenvalue weighted by atomic mass is 16.7. The summed E-state index contributed by atoms with van der Waals surface area (Å²) in [6, 6.07) is 12.8. The molecule has 0 aromatic heterocycles. The minimum Gasteiger partial charge on any atom is -0.494 e. The molecule has 6 nitrogen and oxygen atoms in total. The van der Waals surface area contributed by atoms with Crippen LogP contribution >= 0.6 is 0 Å². The SMILES string of the molecule is CCOc1cccc(OCC(=O)NCc2ccc3c(c2)OCO3)c1. The molecular formula is C18H19NO5. The zero-order valence-corrected chi connectivity index (χ0v) is 13.4. The maximum absolute atomic E-state index is 11.9. The fraction of sp³-hybridized carbons (Fsp3) is 0.278. The van der Waals surface area contributed by atoms with Crippen LogP contribution in [0.4, 0.5) is 0 Å². The Bertz CT molecular complexity index is 716. The summed E-state index contributed by atoms with van der Waals surface area (Å²) >= 11 is 0. The van der Waals surface area contributed by atoms with Crippen molar-refractivity contribution >= 4 is 5.91 Å². The van der Waals surface area contributed by atoms with Gasteiger partial charge in [-0.2, -0.15) is 0 Å². The van der Waals surface area contributed by atoms with Crippen molar-refractivity contribution in [2.45, 2.75) is 13.5 Å². The molecule has 1 N–H and O–H groups in total. The summed E-state index contributed by atoms with van der Waals surface area (Å²) in [7, 11) is 0. The topological polar surface area (TPSA) is 66.0 Å². The highest BCUT2D eigenvalue weighted by Gasteiger charge is 2.13. The first kappa shape index (κ1) is 16.0. The van der Waals surface area contributed by atoms with Gasteiger partial charge in [0.05, 0.1) is 6.61 Å². The van der Waals surface area contributed by atoms with E-state index in [9.17, 15) is 4.79 Å². The molecule has 0 saturated carbocycles. The Morgan fingerprint density at radius 1 is 1.08 bits per heavy atom. The lowest BCUT2D eigenvalue weighted by Crippen LogP contribution is -2.28. The van der Waals surface area contributed by atoms with Crippen molar-refractivity contribution < 1.29 is 23.7 Å². The first-order valence-corrected chi connectivity index (χ1v) is 7.75. The standard InChI is InChI=1S/C18H19NO5/c1-2-21-14-4-3-5-15(9-14)22-11-18(20)19-10-13-6-7-16-17(8-13)24-12-23-16/h3-9H,2,10-12H2,1H3,(H,19,20). The van der Waals surface area contributed by atoms with E-state index in [4.69, 9.17) is 18.9 Å². The van der Waals surface area contributed by atoms with Crippen molar-refractivity contribution in [3.05, 3.63) is 48.0 Å². The summed E-state index contributed by atoms with van der Waals surface area (Å²) in [5.41, 5.74) is 0.936. The predicted molar refractivity (Wildman–Crippen MR) is 87.5 cm³/mol. The van der Waals surface area contributed by atoms with E-state index in [-0.39, 0.29) is 19.3 Å². The first-order valence-electron chi connectivity index (χ1n) is 7.75. The van der Waals surface area contributed by atoms with Crippen molar-refractivity contribution in [2.24, 2.45) is 0 Å². The Labute approximate surface area is 140 Å². The van der Waals surface area contributed by atoms with Gasteiger partial charge in [-0.05, 0) is 36.8 Å². The summed E-state index contributed by atoms with van der Waals surface area (Å²) in [6.07, 6.45) is 0. The van der Waals surface area contributed by atoms with Crippen molar-refractivity contribution in [1.82, 2.24) is 5.32 Å². The normalized spacial score (nSPS) is 11.9.